The topological polar surface area (TPSA) is 112 Å². The lowest BCUT2D eigenvalue weighted by Crippen LogP contribution is -2.57. The van der Waals surface area contributed by atoms with E-state index in [4.69, 9.17) is 10.9 Å². The molecule has 0 aromatic rings. The van der Waals surface area contributed by atoms with E-state index in [1.54, 1.807) is 6.92 Å². The molecule has 0 aromatic heterocycles. The third-order valence-corrected chi connectivity index (χ3v) is 3.05. The Morgan fingerprint density at radius 2 is 2.00 bits per heavy atom. The van der Waals surface area contributed by atoms with Crippen molar-refractivity contribution in [3.05, 3.63) is 0 Å². The van der Waals surface area contributed by atoms with Gasteiger partial charge in [-0.2, -0.15) is 0 Å². The van der Waals surface area contributed by atoms with Crippen LogP contribution in [0.15, 0.2) is 0 Å². The van der Waals surface area contributed by atoms with Crippen LogP contribution in [0.25, 0.3) is 0 Å². The third-order valence-electron chi connectivity index (χ3n) is 1.66. The number of esters is 1. The Labute approximate surface area is 77.3 Å². The van der Waals surface area contributed by atoms with Crippen molar-refractivity contribution in [3.8, 4) is 0 Å². The predicted octanol–water partition coefficient (Wildman–Crippen LogP) is -1.10. The number of hydrogen-bond acceptors (Lipinski definition) is 5. The number of nitrogens with two attached hydrogens (primary N) is 2. The number of carbonyl (C=O) groups excluding carboxylic acids is 1. The van der Waals surface area contributed by atoms with Gasteiger partial charge in [0, 0.05) is 0 Å². The molecule has 1 atom stereocenters. The molecule has 1 unspecified atom stereocenters. The Balaban J connectivity index is 5.08. The first-order chi connectivity index (χ1) is 5.79. The van der Waals surface area contributed by atoms with Crippen LogP contribution in [-0.4, -0.2) is 26.4 Å². The smallest absolute Gasteiger partial charge is 0.343 e. The van der Waals surface area contributed by atoms with Crippen LogP contribution in [0.4, 0.5) is 0 Å². The van der Waals surface area contributed by atoms with Crippen molar-refractivity contribution < 1.29 is 17.9 Å². The summed E-state index contributed by atoms with van der Waals surface area (Å²) < 4.78 is 26.3. The summed E-state index contributed by atoms with van der Waals surface area (Å²) in [6, 6.07) is 0. The Morgan fingerprint density at radius 1 is 1.54 bits per heavy atom. The summed E-state index contributed by atoms with van der Waals surface area (Å²) in [4.78, 5) is 8.95. The van der Waals surface area contributed by atoms with Gasteiger partial charge in [0.2, 0.25) is 14.9 Å². The van der Waals surface area contributed by atoms with Crippen molar-refractivity contribution in [2.45, 2.75) is 24.6 Å². The van der Waals surface area contributed by atoms with Gasteiger partial charge in [0.1, 0.15) is 0 Å². The van der Waals surface area contributed by atoms with Crippen LogP contribution in [0, 0.1) is 0 Å². The molecule has 0 saturated heterocycles. The number of rotatable bonds is 4. The van der Waals surface area contributed by atoms with Crippen LogP contribution in [0.3, 0.4) is 0 Å². The first kappa shape index (κ1) is 12.3. The zero-order valence-corrected chi connectivity index (χ0v) is 8.43. The highest BCUT2D eigenvalue weighted by molar-refractivity contribution is 7.91. The second-order valence-corrected chi connectivity index (χ2v) is 4.49. The zero-order valence-electron chi connectivity index (χ0n) is 7.61. The van der Waals surface area contributed by atoms with Crippen molar-refractivity contribution in [2.75, 3.05) is 7.11 Å². The van der Waals surface area contributed by atoms with Crippen molar-refractivity contribution in [3.63, 3.8) is 0 Å². The van der Waals surface area contributed by atoms with Gasteiger partial charge in [-0.3, -0.25) is 0 Å². The van der Waals surface area contributed by atoms with E-state index in [-0.39, 0.29) is 6.42 Å². The molecule has 4 N–H and O–H groups in total. The first-order valence-corrected chi connectivity index (χ1v) is 5.24. The molecule has 13 heavy (non-hydrogen) atoms. The van der Waals surface area contributed by atoms with Gasteiger partial charge in [-0.15, -0.1) is 0 Å². The van der Waals surface area contributed by atoms with Gasteiger partial charge in [-0.25, -0.2) is 18.4 Å². The lowest BCUT2D eigenvalue weighted by atomic mass is 10.2. The summed E-state index contributed by atoms with van der Waals surface area (Å²) in [6.45, 7) is 1.69. The molecule has 78 valence electrons. The average molecular weight is 210 g/mol. The predicted molar refractivity (Wildman–Crippen MR) is 46.9 cm³/mol. The largest absolute Gasteiger partial charge is 0.467 e. The lowest BCUT2D eigenvalue weighted by Gasteiger charge is -2.22. The second kappa shape index (κ2) is 4.03. The molecule has 0 radical (unpaired) electrons. The molecule has 7 heteroatoms. The van der Waals surface area contributed by atoms with Gasteiger partial charge < -0.3 is 10.5 Å². The molecule has 0 rings (SSSR count). The van der Waals surface area contributed by atoms with E-state index in [0.29, 0.717) is 6.42 Å². The molecule has 0 saturated carbocycles. The number of carbonyl (C=O) groups is 1. The molecule has 0 fully saturated rings. The lowest BCUT2D eigenvalue weighted by molar-refractivity contribution is -0.143. The summed E-state index contributed by atoms with van der Waals surface area (Å²) in [6.07, 6.45) is 0.362. The SMILES string of the molecule is CCCC(N)(C(=O)OC)S(N)(=O)=O. The molecule has 0 aliphatic rings. The van der Waals surface area contributed by atoms with E-state index in [1.165, 1.54) is 0 Å². The van der Waals surface area contributed by atoms with Gasteiger partial charge in [0.15, 0.2) is 0 Å². The quantitative estimate of drug-likeness (QED) is 0.572. The Hall–Kier alpha value is -0.660. The number of primary sulfonamides is 1. The third kappa shape index (κ3) is 2.39. The summed E-state index contributed by atoms with van der Waals surface area (Å²) in [7, 11) is -3.07. The minimum atomic E-state index is -4.13. The molecule has 0 aromatic carbocycles. The van der Waals surface area contributed by atoms with Crippen molar-refractivity contribution in [1.82, 2.24) is 0 Å². The molecule has 0 bridgehead atoms. The highest BCUT2D eigenvalue weighted by atomic mass is 32.2. The number of ether oxygens (including phenoxy) is 1. The molecule has 0 aliphatic heterocycles. The highest BCUT2D eigenvalue weighted by Gasteiger charge is 2.45. The minimum Gasteiger partial charge on any atom is -0.467 e. The molecular formula is C6H14N2O4S. The van der Waals surface area contributed by atoms with Crippen LogP contribution in [0.5, 0.6) is 0 Å². The minimum absolute atomic E-state index is 0.0570. The summed E-state index contributed by atoms with van der Waals surface area (Å²) in [5, 5.41) is 4.82. The molecule has 0 amide bonds. The average Bonchev–Trinajstić information content (AvgIpc) is 2.01. The van der Waals surface area contributed by atoms with Gasteiger partial charge in [0.25, 0.3) is 0 Å². The maximum atomic E-state index is 11.1. The van der Waals surface area contributed by atoms with Crippen molar-refractivity contribution in [2.24, 2.45) is 10.9 Å². The molecule has 6 nitrogen and oxygen atoms in total. The molecule has 0 spiro atoms. The van der Waals surface area contributed by atoms with E-state index in [1.807, 2.05) is 0 Å². The van der Waals surface area contributed by atoms with E-state index in [0.717, 1.165) is 7.11 Å². The van der Waals surface area contributed by atoms with E-state index < -0.39 is 20.9 Å². The maximum Gasteiger partial charge on any atom is 0.343 e. The molecule has 0 heterocycles. The van der Waals surface area contributed by atoms with E-state index >= 15 is 0 Å². The van der Waals surface area contributed by atoms with Crippen LogP contribution in [0.1, 0.15) is 19.8 Å². The number of methoxy groups -OCH3 is 1. The summed E-state index contributed by atoms with van der Waals surface area (Å²) in [5.74, 6) is -1.03. The Morgan fingerprint density at radius 3 is 2.23 bits per heavy atom. The first-order valence-electron chi connectivity index (χ1n) is 3.69. The van der Waals surface area contributed by atoms with Crippen molar-refractivity contribution >= 4 is 16.0 Å². The zero-order chi connectivity index (χ0) is 10.7. The Bertz CT molecular complexity index is 287. The maximum absolute atomic E-state index is 11.1. The fraction of sp³-hybridized carbons (Fsp3) is 0.833. The number of hydrogen-bond donors (Lipinski definition) is 2. The van der Waals surface area contributed by atoms with E-state index in [2.05, 4.69) is 4.74 Å². The molecule has 0 aliphatic carbocycles. The molecular weight excluding hydrogens is 196 g/mol. The number of sulfonamides is 1. The summed E-state index contributed by atoms with van der Waals surface area (Å²) >= 11 is 0. The van der Waals surface area contributed by atoms with Crippen LogP contribution < -0.4 is 10.9 Å². The standard InChI is InChI=1S/C6H14N2O4S/c1-3-4-6(7,5(9)12-2)13(8,10)11/h3-4,7H2,1-2H3,(H2,8,10,11). The second-order valence-electron chi connectivity index (χ2n) is 2.68. The summed E-state index contributed by atoms with van der Waals surface area (Å²) in [5.41, 5.74) is 5.35. The monoisotopic (exact) mass is 210 g/mol. The Kier molecular flexibility index (Phi) is 3.83. The van der Waals surface area contributed by atoms with Gasteiger partial charge in [0.05, 0.1) is 7.11 Å². The fourth-order valence-electron chi connectivity index (χ4n) is 0.905. The normalized spacial score (nSPS) is 16.3. The van der Waals surface area contributed by atoms with Crippen LogP contribution in [0.2, 0.25) is 0 Å². The highest BCUT2D eigenvalue weighted by Crippen LogP contribution is 2.16. The fourth-order valence-corrected chi connectivity index (χ4v) is 1.71. The van der Waals surface area contributed by atoms with Gasteiger partial charge in [-0.05, 0) is 6.42 Å². The van der Waals surface area contributed by atoms with Gasteiger partial charge in [-0.1, -0.05) is 13.3 Å². The van der Waals surface area contributed by atoms with E-state index in [9.17, 15) is 13.2 Å². The van der Waals surface area contributed by atoms with Crippen molar-refractivity contribution in [1.29, 1.82) is 0 Å². The van der Waals surface area contributed by atoms with Gasteiger partial charge >= 0.3 is 5.97 Å². The van der Waals surface area contributed by atoms with Crippen LogP contribution in [-0.2, 0) is 19.6 Å². The van der Waals surface area contributed by atoms with Crippen LogP contribution >= 0.6 is 0 Å².